The number of rotatable bonds is 3. The molecular formula is C11H17N3O. The molecule has 0 saturated heterocycles. The van der Waals surface area contributed by atoms with Gasteiger partial charge in [-0.2, -0.15) is 0 Å². The maximum atomic E-state index is 11.8. The van der Waals surface area contributed by atoms with Gasteiger partial charge in [-0.1, -0.05) is 13.3 Å². The molecule has 0 aliphatic carbocycles. The van der Waals surface area contributed by atoms with Gasteiger partial charge in [-0.3, -0.25) is 4.79 Å². The molecule has 4 heteroatoms. The number of imidazole rings is 1. The van der Waals surface area contributed by atoms with Crippen molar-refractivity contribution in [1.82, 2.24) is 14.9 Å². The predicted octanol–water partition coefficient (Wildman–Crippen LogP) is 1.48. The van der Waals surface area contributed by atoms with E-state index in [-0.39, 0.29) is 5.91 Å². The van der Waals surface area contributed by atoms with E-state index in [0.717, 1.165) is 37.2 Å². The molecule has 82 valence electrons. The van der Waals surface area contributed by atoms with Crippen molar-refractivity contribution < 1.29 is 4.79 Å². The van der Waals surface area contributed by atoms with Crippen LogP contribution in [0, 0.1) is 0 Å². The quantitative estimate of drug-likeness (QED) is 0.816. The normalized spacial score (nSPS) is 15.1. The smallest absolute Gasteiger partial charge is 0.222 e. The molecule has 0 spiro atoms. The SMILES string of the molecule is CCCCC(=O)N1CCc2nc[nH]c2C1. The Hall–Kier alpha value is -1.32. The first-order valence-electron chi connectivity index (χ1n) is 5.60. The van der Waals surface area contributed by atoms with Crippen LogP contribution in [0.25, 0.3) is 0 Å². The van der Waals surface area contributed by atoms with E-state index in [9.17, 15) is 4.79 Å². The van der Waals surface area contributed by atoms with Gasteiger partial charge < -0.3 is 9.88 Å². The number of aromatic nitrogens is 2. The molecule has 1 aromatic heterocycles. The molecule has 2 rings (SSSR count). The fourth-order valence-electron chi connectivity index (χ4n) is 1.91. The number of amides is 1. The van der Waals surface area contributed by atoms with Gasteiger partial charge in [-0.15, -0.1) is 0 Å². The first kappa shape index (κ1) is 10.2. The minimum absolute atomic E-state index is 0.275. The molecular weight excluding hydrogens is 190 g/mol. The molecule has 0 fully saturated rings. The summed E-state index contributed by atoms with van der Waals surface area (Å²) < 4.78 is 0. The Morgan fingerprint density at radius 1 is 1.67 bits per heavy atom. The van der Waals surface area contributed by atoms with Crippen LogP contribution in [-0.4, -0.2) is 27.3 Å². The standard InChI is InChI=1S/C11H17N3O/c1-2-3-4-11(15)14-6-5-9-10(7-14)13-8-12-9/h8H,2-7H2,1H3,(H,12,13). The minimum atomic E-state index is 0.275. The van der Waals surface area contributed by atoms with Crippen molar-refractivity contribution >= 4 is 5.91 Å². The van der Waals surface area contributed by atoms with Gasteiger partial charge in [0.2, 0.25) is 5.91 Å². The molecule has 0 saturated carbocycles. The van der Waals surface area contributed by atoms with E-state index in [4.69, 9.17) is 0 Å². The molecule has 1 aromatic rings. The highest BCUT2D eigenvalue weighted by Crippen LogP contribution is 2.16. The molecule has 0 radical (unpaired) electrons. The van der Waals surface area contributed by atoms with Gasteiger partial charge >= 0.3 is 0 Å². The molecule has 1 aliphatic rings. The van der Waals surface area contributed by atoms with E-state index in [0.29, 0.717) is 13.0 Å². The van der Waals surface area contributed by atoms with Gasteiger partial charge in [0.15, 0.2) is 0 Å². The van der Waals surface area contributed by atoms with E-state index in [1.165, 1.54) is 0 Å². The number of carbonyl (C=O) groups is 1. The Bertz CT molecular complexity index is 345. The summed E-state index contributed by atoms with van der Waals surface area (Å²) in [6.07, 6.45) is 5.35. The van der Waals surface area contributed by atoms with Crippen molar-refractivity contribution in [3.63, 3.8) is 0 Å². The second-order valence-electron chi connectivity index (χ2n) is 4.00. The van der Waals surface area contributed by atoms with Gasteiger partial charge in [0.05, 0.1) is 24.3 Å². The average Bonchev–Trinajstić information content (AvgIpc) is 2.72. The van der Waals surface area contributed by atoms with Crippen LogP contribution in [-0.2, 0) is 17.8 Å². The Morgan fingerprint density at radius 3 is 3.33 bits per heavy atom. The van der Waals surface area contributed by atoms with E-state index >= 15 is 0 Å². The lowest BCUT2D eigenvalue weighted by molar-refractivity contribution is -0.132. The van der Waals surface area contributed by atoms with E-state index in [2.05, 4.69) is 16.9 Å². The fourth-order valence-corrected chi connectivity index (χ4v) is 1.91. The number of nitrogens with one attached hydrogen (secondary N) is 1. The van der Waals surface area contributed by atoms with Crippen LogP contribution in [0.5, 0.6) is 0 Å². The second kappa shape index (κ2) is 4.47. The highest BCUT2D eigenvalue weighted by atomic mass is 16.2. The summed E-state index contributed by atoms with van der Waals surface area (Å²) in [5, 5.41) is 0. The van der Waals surface area contributed by atoms with Gasteiger partial charge in [-0.05, 0) is 6.42 Å². The largest absolute Gasteiger partial charge is 0.347 e. The Labute approximate surface area is 89.7 Å². The molecule has 0 atom stereocenters. The third-order valence-electron chi connectivity index (χ3n) is 2.87. The number of carbonyl (C=O) groups excluding carboxylic acids is 1. The van der Waals surface area contributed by atoms with Crippen LogP contribution < -0.4 is 0 Å². The van der Waals surface area contributed by atoms with Gasteiger partial charge in [0.1, 0.15) is 0 Å². The third-order valence-corrected chi connectivity index (χ3v) is 2.87. The molecule has 1 amide bonds. The fraction of sp³-hybridized carbons (Fsp3) is 0.636. The molecule has 2 heterocycles. The number of H-pyrrole nitrogens is 1. The minimum Gasteiger partial charge on any atom is -0.347 e. The van der Waals surface area contributed by atoms with Crippen LogP contribution in [0.3, 0.4) is 0 Å². The lowest BCUT2D eigenvalue weighted by atomic mass is 10.1. The lowest BCUT2D eigenvalue weighted by Crippen LogP contribution is -2.35. The van der Waals surface area contributed by atoms with Crippen molar-refractivity contribution in [2.45, 2.75) is 39.2 Å². The van der Waals surface area contributed by atoms with Crippen LogP contribution >= 0.6 is 0 Å². The lowest BCUT2D eigenvalue weighted by Gasteiger charge is -2.26. The van der Waals surface area contributed by atoms with Crippen molar-refractivity contribution in [1.29, 1.82) is 0 Å². The summed E-state index contributed by atoms with van der Waals surface area (Å²) in [6.45, 7) is 3.63. The van der Waals surface area contributed by atoms with Crippen molar-refractivity contribution in [2.24, 2.45) is 0 Å². The Kier molecular flexibility index (Phi) is 3.04. The number of unbranched alkanes of at least 4 members (excludes halogenated alkanes) is 1. The molecule has 0 aromatic carbocycles. The maximum Gasteiger partial charge on any atom is 0.222 e. The van der Waals surface area contributed by atoms with E-state index in [1.807, 2.05) is 4.90 Å². The number of hydrogen-bond acceptors (Lipinski definition) is 2. The molecule has 0 bridgehead atoms. The Morgan fingerprint density at radius 2 is 2.53 bits per heavy atom. The third kappa shape index (κ3) is 2.19. The molecule has 15 heavy (non-hydrogen) atoms. The number of nitrogens with zero attached hydrogens (tertiary/aromatic N) is 2. The zero-order chi connectivity index (χ0) is 10.7. The van der Waals surface area contributed by atoms with Crippen LogP contribution in [0.4, 0.5) is 0 Å². The number of hydrogen-bond donors (Lipinski definition) is 1. The summed E-state index contributed by atoms with van der Waals surface area (Å²) >= 11 is 0. The van der Waals surface area contributed by atoms with Gasteiger partial charge in [0.25, 0.3) is 0 Å². The topological polar surface area (TPSA) is 49.0 Å². The van der Waals surface area contributed by atoms with Crippen molar-refractivity contribution in [2.75, 3.05) is 6.54 Å². The second-order valence-corrected chi connectivity index (χ2v) is 4.00. The highest BCUT2D eigenvalue weighted by Gasteiger charge is 2.21. The predicted molar refractivity (Wildman–Crippen MR) is 57.2 cm³/mol. The summed E-state index contributed by atoms with van der Waals surface area (Å²) in [5.41, 5.74) is 2.22. The van der Waals surface area contributed by atoms with Crippen LogP contribution in [0.1, 0.15) is 37.6 Å². The van der Waals surface area contributed by atoms with E-state index in [1.54, 1.807) is 6.33 Å². The zero-order valence-electron chi connectivity index (χ0n) is 9.12. The summed E-state index contributed by atoms with van der Waals surface area (Å²) in [5.74, 6) is 0.275. The molecule has 1 N–H and O–H groups in total. The Balaban J connectivity index is 1.94. The monoisotopic (exact) mass is 207 g/mol. The molecule has 1 aliphatic heterocycles. The summed E-state index contributed by atoms with van der Waals surface area (Å²) in [4.78, 5) is 21.0. The molecule has 4 nitrogen and oxygen atoms in total. The van der Waals surface area contributed by atoms with Crippen molar-refractivity contribution in [3.8, 4) is 0 Å². The van der Waals surface area contributed by atoms with Gasteiger partial charge in [-0.25, -0.2) is 4.98 Å². The first-order chi connectivity index (χ1) is 7.31. The van der Waals surface area contributed by atoms with E-state index < -0.39 is 0 Å². The van der Waals surface area contributed by atoms with Crippen LogP contribution in [0.15, 0.2) is 6.33 Å². The van der Waals surface area contributed by atoms with Crippen molar-refractivity contribution in [3.05, 3.63) is 17.7 Å². The summed E-state index contributed by atoms with van der Waals surface area (Å²) in [6, 6.07) is 0. The zero-order valence-corrected chi connectivity index (χ0v) is 9.12. The number of aromatic amines is 1. The first-order valence-corrected chi connectivity index (χ1v) is 5.60. The van der Waals surface area contributed by atoms with Gasteiger partial charge in [0, 0.05) is 19.4 Å². The average molecular weight is 207 g/mol. The molecule has 0 unspecified atom stereocenters. The summed E-state index contributed by atoms with van der Waals surface area (Å²) in [7, 11) is 0. The highest BCUT2D eigenvalue weighted by molar-refractivity contribution is 5.76. The maximum absolute atomic E-state index is 11.8. The van der Waals surface area contributed by atoms with Crippen LogP contribution in [0.2, 0.25) is 0 Å². The number of fused-ring (bicyclic) bond motifs is 1.